The third kappa shape index (κ3) is 4.06. The van der Waals surface area contributed by atoms with Crippen molar-refractivity contribution < 1.29 is 5.11 Å². The van der Waals surface area contributed by atoms with Crippen LogP contribution in [0.5, 0.6) is 0 Å². The first-order valence-corrected chi connectivity index (χ1v) is 8.38. The molecule has 1 aromatic rings. The van der Waals surface area contributed by atoms with E-state index < -0.39 is 5.60 Å². The SMILES string of the molecule is CC(O)(CN(CC1CCNCC1)C1CC1)c1ccccc1. The van der Waals surface area contributed by atoms with Crippen molar-refractivity contribution in [3.05, 3.63) is 35.9 Å². The topological polar surface area (TPSA) is 35.5 Å². The van der Waals surface area contributed by atoms with E-state index in [-0.39, 0.29) is 0 Å². The summed E-state index contributed by atoms with van der Waals surface area (Å²) < 4.78 is 0. The molecule has 1 aliphatic carbocycles. The van der Waals surface area contributed by atoms with Crippen LogP contribution in [0.1, 0.15) is 38.2 Å². The van der Waals surface area contributed by atoms with Crippen molar-refractivity contribution in [2.45, 2.75) is 44.2 Å². The summed E-state index contributed by atoms with van der Waals surface area (Å²) >= 11 is 0. The molecule has 21 heavy (non-hydrogen) atoms. The molecular formula is C18H28N2O. The molecule has 0 aromatic heterocycles. The highest BCUT2D eigenvalue weighted by atomic mass is 16.3. The molecule has 0 spiro atoms. The molecular weight excluding hydrogens is 260 g/mol. The Kier molecular flexibility index (Phi) is 4.63. The lowest BCUT2D eigenvalue weighted by atomic mass is 9.93. The standard InChI is InChI=1S/C18H28N2O/c1-18(21,16-5-3-2-4-6-16)14-20(17-7-8-17)13-15-9-11-19-12-10-15/h2-6,15,17,19,21H,7-14H2,1H3. The zero-order valence-electron chi connectivity index (χ0n) is 13.1. The zero-order valence-corrected chi connectivity index (χ0v) is 13.1. The molecule has 0 radical (unpaired) electrons. The second-order valence-electron chi connectivity index (χ2n) is 6.99. The van der Waals surface area contributed by atoms with Gasteiger partial charge in [-0.25, -0.2) is 0 Å². The quantitative estimate of drug-likeness (QED) is 0.843. The summed E-state index contributed by atoms with van der Waals surface area (Å²) in [7, 11) is 0. The Labute approximate surface area is 128 Å². The summed E-state index contributed by atoms with van der Waals surface area (Å²) in [6.07, 6.45) is 5.15. The minimum atomic E-state index is -0.753. The molecule has 2 aliphatic rings. The summed E-state index contributed by atoms with van der Waals surface area (Å²) in [5.41, 5.74) is 0.275. The van der Waals surface area contributed by atoms with E-state index in [1.54, 1.807) is 0 Å². The highest BCUT2D eigenvalue weighted by Gasteiger charge is 2.36. The smallest absolute Gasteiger partial charge is 0.0994 e. The maximum Gasteiger partial charge on any atom is 0.0994 e. The van der Waals surface area contributed by atoms with E-state index in [1.165, 1.54) is 25.7 Å². The lowest BCUT2D eigenvalue weighted by Gasteiger charge is -2.35. The van der Waals surface area contributed by atoms with Crippen LogP contribution >= 0.6 is 0 Å². The van der Waals surface area contributed by atoms with Crippen LogP contribution in [0.4, 0.5) is 0 Å². The molecule has 1 unspecified atom stereocenters. The van der Waals surface area contributed by atoms with Crippen LogP contribution in [-0.2, 0) is 5.60 Å². The Morgan fingerprint density at radius 3 is 2.43 bits per heavy atom. The highest BCUT2D eigenvalue weighted by molar-refractivity contribution is 5.22. The van der Waals surface area contributed by atoms with Gasteiger partial charge in [0.2, 0.25) is 0 Å². The predicted molar refractivity (Wildman–Crippen MR) is 86.2 cm³/mol. The van der Waals surface area contributed by atoms with Crippen molar-refractivity contribution in [3.63, 3.8) is 0 Å². The fourth-order valence-electron chi connectivity index (χ4n) is 3.46. The summed E-state index contributed by atoms with van der Waals surface area (Å²) in [6, 6.07) is 10.8. The summed E-state index contributed by atoms with van der Waals surface area (Å²) in [6.45, 7) is 6.16. The van der Waals surface area contributed by atoms with Gasteiger partial charge in [-0.3, -0.25) is 4.90 Å². The Hall–Kier alpha value is -0.900. The summed E-state index contributed by atoms with van der Waals surface area (Å²) in [4.78, 5) is 2.54. The van der Waals surface area contributed by atoms with Crippen molar-refractivity contribution in [1.29, 1.82) is 0 Å². The van der Waals surface area contributed by atoms with E-state index in [1.807, 2.05) is 37.3 Å². The first-order chi connectivity index (χ1) is 10.1. The van der Waals surface area contributed by atoms with Crippen LogP contribution < -0.4 is 5.32 Å². The van der Waals surface area contributed by atoms with Gasteiger partial charge in [-0.05, 0) is 57.2 Å². The molecule has 3 rings (SSSR count). The normalized spacial score (nSPS) is 23.2. The average Bonchev–Trinajstić information content (AvgIpc) is 3.33. The van der Waals surface area contributed by atoms with Crippen molar-refractivity contribution >= 4 is 0 Å². The largest absolute Gasteiger partial charge is 0.384 e. The molecule has 1 saturated heterocycles. The van der Waals surface area contributed by atoms with Gasteiger partial charge in [-0.1, -0.05) is 30.3 Å². The van der Waals surface area contributed by atoms with Crippen LogP contribution in [0.25, 0.3) is 0 Å². The molecule has 3 nitrogen and oxygen atoms in total. The Morgan fingerprint density at radius 2 is 1.81 bits per heavy atom. The van der Waals surface area contributed by atoms with E-state index in [0.29, 0.717) is 6.04 Å². The van der Waals surface area contributed by atoms with E-state index in [4.69, 9.17) is 0 Å². The van der Waals surface area contributed by atoms with Gasteiger partial charge in [0, 0.05) is 19.1 Å². The molecule has 1 aromatic carbocycles. The molecule has 3 heteroatoms. The minimum Gasteiger partial charge on any atom is -0.384 e. The van der Waals surface area contributed by atoms with E-state index in [9.17, 15) is 5.11 Å². The average molecular weight is 288 g/mol. The van der Waals surface area contributed by atoms with Crippen LogP contribution in [0.15, 0.2) is 30.3 Å². The van der Waals surface area contributed by atoms with Gasteiger partial charge in [0.05, 0.1) is 5.60 Å². The number of hydrogen-bond donors (Lipinski definition) is 2. The van der Waals surface area contributed by atoms with Crippen molar-refractivity contribution in [3.8, 4) is 0 Å². The van der Waals surface area contributed by atoms with Crippen molar-refractivity contribution in [2.24, 2.45) is 5.92 Å². The molecule has 1 aliphatic heterocycles. The van der Waals surface area contributed by atoms with Gasteiger partial charge in [0.25, 0.3) is 0 Å². The second-order valence-corrected chi connectivity index (χ2v) is 6.99. The van der Waals surface area contributed by atoms with Crippen molar-refractivity contribution in [2.75, 3.05) is 26.2 Å². The van der Waals surface area contributed by atoms with Crippen LogP contribution in [0.3, 0.4) is 0 Å². The summed E-state index contributed by atoms with van der Waals surface area (Å²) in [5.74, 6) is 0.790. The van der Waals surface area contributed by atoms with E-state index in [0.717, 1.165) is 37.7 Å². The number of aliphatic hydroxyl groups is 1. The lowest BCUT2D eigenvalue weighted by Crippen LogP contribution is -2.44. The summed E-state index contributed by atoms with van der Waals surface area (Å²) in [5, 5.41) is 14.3. The first-order valence-electron chi connectivity index (χ1n) is 8.38. The number of benzene rings is 1. The number of hydrogen-bond acceptors (Lipinski definition) is 3. The maximum atomic E-state index is 10.9. The molecule has 0 amide bonds. The van der Waals surface area contributed by atoms with Gasteiger partial charge in [0.1, 0.15) is 0 Å². The van der Waals surface area contributed by atoms with Gasteiger partial charge in [-0.15, -0.1) is 0 Å². The third-order valence-corrected chi connectivity index (χ3v) is 4.92. The minimum absolute atomic E-state index is 0.704. The van der Waals surface area contributed by atoms with E-state index >= 15 is 0 Å². The molecule has 1 heterocycles. The highest BCUT2D eigenvalue weighted by Crippen LogP contribution is 2.32. The fourth-order valence-corrected chi connectivity index (χ4v) is 3.46. The van der Waals surface area contributed by atoms with Gasteiger partial charge in [-0.2, -0.15) is 0 Å². The maximum absolute atomic E-state index is 10.9. The zero-order chi connectivity index (χ0) is 14.7. The number of nitrogens with zero attached hydrogens (tertiary/aromatic N) is 1. The number of nitrogens with one attached hydrogen (secondary N) is 1. The Balaban J connectivity index is 1.64. The fraction of sp³-hybridized carbons (Fsp3) is 0.667. The Morgan fingerprint density at radius 1 is 1.14 bits per heavy atom. The Bertz CT molecular complexity index is 436. The molecule has 2 fully saturated rings. The lowest BCUT2D eigenvalue weighted by molar-refractivity contribution is 0.00696. The van der Waals surface area contributed by atoms with Crippen LogP contribution in [0.2, 0.25) is 0 Å². The van der Waals surface area contributed by atoms with Gasteiger partial charge in [0.15, 0.2) is 0 Å². The molecule has 0 bridgehead atoms. The number of rotatable bonds is 6. The third-order valence-electron chi connectivity index (χ3n) is 4.92. The van der Waals surface area contributed by atoms with Crippen molar-refractivity contribution in [1.82, 2.24) is 10.2 Å². The van der Waals surface area contributed by atoms with Crippen LogP contribution in [-0.4, -0.2) is 42.2 Å². The monoisotopic (exact) mass is 288 g/mol. The molecule has 1 saturated carbocycles. The molecule has 2 N–H and O–H groups in total. The van der Waals surface area contributed by atoms with E-state index in [2.05, 4.69) is 10.2 Å². The van der Waals surface area contributed by atoms with Gasteiger partial charge < -0.3 is 10.4 Å². The molecule has 1 atom stereocenters. The van der Waals surface area contributed by atoms with Crippen LogP contribution in [0, 0.1) is 5.92 Å². The molecule has 116 valence electrons. The predicted octanol–water partition coefficient (Wildman–Crippen LogP) is 2.36. The first kappa shape index (κ1) is 15.0. The second kappa shape index (κ2) is 6.47. The van der Waals surface area contributed by atoms with Gasteiger partial charge >= 0.3 is 0 Å². The number of piperidine rings is 1.